The highest BCUT2D eigenvalue weighted by Crippen LogP contribution is 2.34. The second-order valence-electron chi connectivity index (χ2n) is 8.96. The van der Waals surface area contributed by atoms with Crippen LogP contribution in [0.25, 0.3) is 22.5 Å². The number of carbonyl (C=O) groups excluding carboxylic acids is 2. The summed E-state index contributed by atoms with van der Waals surface area (Å²) in [7, 11) is 0. The Kier molecular flexibility index (Phi) is 9.38. The zero-order chi connectivity index (χ0) is 27.0. The van der Waals surface area contributed by atoms with E-state index in [1.54, 1.807) is 6.20 Å². The van der Waals surface area contributed by atoms with Crippen LogP contribution in [-0.2, 0) is 15.8 Å². The molecule has 4 rings (SSSR count). The van der Waals surface area contributed by atoms with Crippen molar-refractivity contribution in [3.05, 3.63) is 66.4 Å². The Hall–Kier alpha value is -3.75. The molecule has 6 nitrogen and oxygen atoms in total. The van der Waals surface area contributed by atoms with Crippen molar-refractivity contribution in [2.45, 2.75) is 52.3 Å². The average molecular weight is 513 g/mol. The van der Waals surface area contributed by atoms with Crippen LogP contribution in [0.15, 0.2) is 60.8 Å². The van der Waals surface area contributed by atoms with Crippen molar-refractivity contribution in [1.29, 1.82) is 0 Å². The van der Waals surface area contributed by atoms with Gasteiger partial charge < -0.3 is 15.0 Å². The molecule has 1 fully saturated rings. The van der Waals surface area contributed by atoms with Crippen molar-refractivity contribution in [2.24, 2.45) is 0 Å². The number of nitrogens with zero attached hydrogens (tertiary/aromatic N) is 3. The summed E-state index contributed by atoms with van der Waals surface area (Å²) >= 11 is 0. The maximum Gasteiger partial charge on any atom is 0.416 e. The molecule has 0 atom stereocenters. The number of nitrogens with one attached hydrogen (secondary N) is 1. The van der Waals surface area contributed by atoms with Crippen LogP contribution in [0.5, 0.6) is 0 Å². The summed E-state index contributed by atoms with van der Waals surface area (Å²) in [5.74, 6) is 0.935. The van der Waals surface area contributed by atoms with Crippen LogP contribution in [0.4, 0.5) is 19.0 Å². The highest BCUT2D eigenvalue weighted by molar-refractivity contribution is 5.79. The third-order valence-corrected chi connectivity index (χ3v) is 5.80. The summed E-state index contributed by atoms with van der Waals surface area (Å²) in [6, 6.07) is 14.6. The maximum atomic E-state index is 13.0. The number of piperidine rings is 1. The first-order chi connectivity index (χ1) is 17.6. The summed E-state index contributed by atoms with van der Waals surface area (Å²) in [5, 5.41) is 3.04. The molecule has 37 heavy (non-hydrogen) atoms. The Morgan fingerprint density at radius 3 is 2.05 bits per heavy atom. The van der Waals surface area contributed by atoms with Gasteiger partial charge in [0.1, 0.15) is 11.6 Å². The van der Waals surface area contributed by atoms with Crippen LogP contribution in [-0.4, -0.2) is 40.8 Å². The van der Waals surface area contributed by atoms with E-state index in [0.717, 1.165) is 43.6 Å². The predicted molar refractivity (Wildman–Crippen MR) is 138 cm³/mol. The molecule has 1 saturated heterocycles. The van der Waals surface area contributed by atoms with E-state index in [0.29, 0.717) is 29.2 Å². The minimum absolute atomic E-state index is 0.0560. The standard InChI is InChI=1S/C25H25F3N4O.C3H6O/c1-2-22(33)30-20-12-14-32(15-13-20)21-16-29-23(24(31-21)17-6-4-3-5-7-17)18-8-10-19(11-9-18)25(26,27)28;1-3(2)4/h3-11,16,20H,2,12-15H2,1H3,(H,30,33);1-2H3. The minimum Gasteiger partial charge on any atom is -0.355 e. The van der Waals surface area contributed by atoms with Crippen LogP contribution in [0.2, 0.25) is 0 Å². The minimum atomic E-state index is -4.39. The number of hydrogen-bond donors (Lipinski definition) is 1. The molecule has 2 aromatic carbocycles. The smallest absolute Gasteiger partial charge is 0.355 e. The van der Waals surface area contributed by atoms with Crippen molar-refractivity contribution in [1.82, 2.24) is 15.3 Å². The second-order valence-corrected chi connectivity index (χ2v) is 8.96. The SMILES string of the molecule is CC(C)=O.CCC(=O)NC1CCN(c2cnc(-c3ccc(C(F)(F)F)cc3)c(-c3ccccc3)n2)CC1. The Labute approximate surface area is 214 Å². The third kappa shape index (κ3) is 7.87. The maximum absolute atomic E-state index is 13.0. The van der Waals surface area contributed by atoms with E-state index in [2.05, 4.69) is 15.2 Å². The number of ketones is 1. The lowest BCUT2D eigenvalue weighted by atomic mass is 10.0. The summed E-state index contributed by atoms with van der Waals surface area (Å²) < 4.78 is 39.0. The van der Waals surface area contributed by atoms with Gasteiger partial charge in [-0.15, -0.1) is 0 Å². The van der Waals surface area contributed by atoms with Crippen LogP contribution in [0, 0.1) is 0 Å². The first kappa shape index (κ1) is 27.8. The number of anilines is 1. The van der Waals surface area contributed by atoms with E-state index in [4.69, 9.17) is 4.98 Å². The van der Waals surface area contributed by atoms with Gasteiger partial charge in [0, 0.05) is 36.7 Å². The lowest BCUT2D eigenvalue weighted by Crippen LogP contribution is -2.44. The number of aromatic nitrogens is 2. The van der Waals surface area contributed by atoms with Crippen LogP contribution >= 0.6 is 0 Å². The number of carbonyl (C=O) groups is 2. The normalized spacial score (nSPS) is 13.9. The van der Waals surface area contributed by atoms with E-state index in [1.807, 2.05) is 37.3 Å². The fourth-order valence-electron chi connectivity index (χ4n) is 3.94. The number of halogens is 3. The Morgan fingerprint density at radius 1 is 0.946 bits per heavy atom. The summed E-state index contributed by atoms with van der Waals surface area (Å²) in [4.78, 5) is 32.7. The number of rotatable bonds is 5. The van der Waals surface area contributed by atoms with Gasteiger partial charge in [-0.3, -0.25) is 9.78 Å². The molecule has 1 amide bonds. The van der Waals surface area contributed by atoms with Gasteiger partial charge in [-0.2, -0.15) is 13.2 Å². The van der Waals surface area contributed by atoms with Gasteiger partial charge in [-0.1, -0.05) is 49.4 Å². The van der Waals surface area contributed by atoms with Gasteiger partial charge >= 0.3 is 6.18 Å². The molecule has 1 aromatic heterocycles. The molecule has 0 unspecified atom stereocenters. The first-order valence-electron chi connectivity index (χ1n) is 12.2. The van der Waals surface area contributed by atoms with Gasteiger partial charge in [0.15, 0.2) is 0 Å². The molecule has 0 bridgehead atoms. The van der Waals surface area contributed by atoms with E-state index < -0.39 is 11.7 Å². The van der Waals surface area contributed by atoms with Gasteiger partial charge in [0.2, 0.25) is 5.91 Å². The van der Waals surface area contributed by atoms with Crippen LogP contribution < -0.4 is 10.2 Å². The molecule has 2 heterocycles. The number of Topliss-reactive ketones (excluding diaryl/α,β-unsaturated/α-hetero) is 1. The van der Waals surface area contributed by atoms with Gasteiger partial charge in [-0.05, 0) is 38.8 Å². The topological polar surface area (TPSA) is 75.2 Å². The molecule has 0 spiro atoms. The summed E-state index contributed by atoms with van der Waals surface area (Å²) in [5.41, 5.74) is 1.86. The molecule has 0 aliphatic carbocycles. The first-order valence-corrected chi connectivity index (χ1v) is 12.2. The Balaban J connectivity index is 0.000000886. The van der Waals surface area contributed by atoms with E-state index in [1.165, 1.54) is 26.0 Å². The monoisotopic (exact) mass is 512 g/mol. The molecule has 1 N–H and O–H groups in total. The Morgan fingerprint density at radius 2 is 1.51 bits per heavy atom. The van der Waals surface area contributed by atoms with Crippen molar-refractivity contribution in [3.63, 3.8) is 0 Å². The second kappa shape index (κ2) is 12.5. The average Bonchev–Trinajstić information content (AvgIpc) is 2.88. The van der Waals surface area contributed by atoms with E-state index >= 15 is 0 Å². The number of hydrogen-bond acceptors (Lipinski definition) is 5. The molecule has 1 aliphatic heterocycles. The predicted octanol–water partition coefficient (Wildman–Crippen LogP) is 5.92. The van der Waals surface area contributed by atoms with Crippen molar-refractivity contribution in [2.75, 3.05) is 18.0 Å². The summed E-state index contributed by atoms with van der Waals surface area (Å²) in [6.45, 7) is 6.36. The quantitative estimate of drug-likeness (QED) is 0.459. The lowest BCUT2D eigenvalue weighted by Gasteiger charge is -2.33. The van der Waals surface area contributed by atoms with Crippen LogP contribution in [0.1, 0.15) is 45.6 Å². The molecule has 196 valence electrons. The summed E-state index contributed by atoms with van der Waals surface area (Å²) in [6.07, 6.45) is -0.621. The van der Waals surface area contributed by atoms with Gasteiger partial charge in [0.05, 0.1) is 23.1 Å². The van der Waals surface area contributed by atoms with Gasteiger partial charge in [0.25, 0.3) is 0 Å². The lowest BCUT2D eigenvalue weighted by molar-refractivity contribution is -0.137. The highest BCUT2D eigenvalue weighted by Gasteiger charge is 2.30. The van der Waals surface area contributed by atoms with E-state index in [-0.39, 0.29) is 17.7 Å². The molecule has 0 saturated carbocycles. The molecule has 9 heteroatoms. The van der Waals surface area contributed by atoms with Crippen molar-refractivity contribution in [3.8, 4) is 22.5 Å². The van der Waals surface area contributed by atoms with Crippen LogP contribution in [0.3, 0.4) is 0 Å². The zero-order valence-corrected chi connectivity index (χ0v) is 21.2. The van der Waals surface area contributed by atoms with Crippen molar-refractivity contribution >= 4 is 17.5 Å². The molecular weight excluding hydrogens is 481 g/mol. The molecule has 1 aliphatic rings. The molecule has 3 aromatic rings. The number of alkyl halides is 3. The third-order valence-electron chi connectivity index (χ3n) is 5.80. The number of benzene rings is 2. The highest BCUT2D eigenvalue weighted by atomic mass is 19.4. The molecular formula is C28H31F3N4O2. The van der Waals surface area contributed by atoms with Crippen molar-refractivity contribution < 1.29 is 22.8 Å². The largest absolute Gasteiger partial charge is 0.416 e. The van der Waals surface area contributed by atoms with Gasteiger partial charge in [-0.25, -0.2) is 4.98 Å². The van der Waals surface area contributed by atoms with E-state index in [9.17, 15) is 22.8 Å². The number of amides is 1. The molecule has 0 radical (unpaired) electrons. The Bertz CT molecular complexity index is 1190. The fourth-order valence-corrected chi connectivity index (χ4v) is 3.94. The fraction of sp³-hybridized carbons (Fsp3) is 0.357. The zero-order valence-electron chi connectivity index (χ0n) is 21.2.